The van der Waals surface area contributed by atoms with E-state index in [-0.39, 0.29) is 6.61 Å². The van der Waals surface area contributed by atoms with Gasteiger partial charge in [0.2, 0.25) is 0 Å². The van der Waals surface area contributed by atoms with Crippen LogP contribution in [0.1, 0.15) is 104 Å². The van der Waals surface area contributed by atoms with Gasteiger partial charge in [0.15, 0.2) is 0 Å². The van der Waals surface area contributed by atoms with Gasteiger partial charge in [-0.1, -0.05) is 90.9 Å². The van der Waals surface area contributed by atoms with Crippen molar-refractivity contribution in [3.63, 3.8) is 0 Å². The summed E-state index contributed by atoms with van der Waals surface area (Å²) in [5, 5.41) is 0. The predicted octanol–water partition coefficient (Wildman–Crippen LogP) is 5.50. The van der Waals surface area contributed by atoms with E-state index < -0.39 is 10.4 Å². The van der Waals surface area contributed by atoms with Crippen LogP contribution in [0.3, 0.4) is 0 Å². The topological polar surface area (TPSA) is 89.6 Å². The highest BCUT2D eigenvalue weighted by molar-refractivity contribution is 7.80. The summed E-state index contributed by atoms with van der Waals surface area (Å²) in [6.07, 6.45) is 18.5. The molecule has 1 atom stereocenters. The van der Waals surface area contributed by atoms with E-state index in [4.69, 9.17) is 10.3 Å². The van der Waals surface area contributed by atoms with Gasteiger partial charge >= 0.3 is 10.4 Å². The van der Waals surface area contributed by atoms with Gasteiger partial charge < -0.3 is 5.73 Å². The number of rotatable bonds is 16. The van der Waals surface area contributed by atoms with Crippen molar-refractivity contribution in [2.75, 3.05) is 13.2 Å². The zero-order valence-electron chi connectivity index (χ0n) is 16.8. The van der Waals surface area contributed by atoms with E-state index in [1.807, 2.05) is 0 Å². The highest BCUT2D eigenvalue weighted by Crippen LogP contribution is 2.15. The molecule has 5 nitrogen and oxygen atoms in total. The van der Waals surface area contributed by atoms with Crippen molar-refractivity contribution in [1.29, 1.82) is 0 Å². The Kier molecular flexibility index (Phi) is 21.8. The molecule has 0 aromatic heterocycles. The van der Waals surface area contributed by atoms with Gasteiger partial charge in [0.1, 0.15) is 0 Å². The van der Waals surface area contributed by atoms with Gasteiger partial charge in [0, 0.05) is 0 Å². The summed E-state index contributed by atoms with van der Waals surface area (Å²) in [5.74, 6) is 0.841. The van der Waals surface area contributed by atoms with E-state index in [0.717, 1.165) is 12.5 Å². The van der Waals surface area contributed by atoms with Crippen molar-refractivity contribution in [2.24, 2.45) is 11.7 Å². The van der Waals surface area contributed by atoms with Crippen LogP contribution in [0.4, 0.5) is 0 Å². The third kappa shape index (κ3) is 28.9. The fourth-order valence-corrected chi connectivity index (χ4v) is 3.03. The van der Waals surface area contributed by atoms with Crippen LogP contribution in [-0.4, -0.2) is 26.1 Å². The van der Waals surface area contributed by atoms with E-state index in [2.05, 4.69) is 18.0 Å². The van der Waals surface area contributed by atoms with Gasteiger partial charge in [-0.3, -0.25) is 4.55 Å². The molecule has 0 amide bonds. The third-order valence-electron chi connectivity index (χ3n) is 4.23. The second-order valence-electron chi connectivity index (χ2n) is 6.84. The zero-order chi connectivity index (χ0) is 19.4. The van der Waals surface area contributed by atoms with Crippen LogP contribution in [0.25, 0.3) is 0 Å². The molecule has 25 heavy (non-hydrogen) atoms. The first-order valence-corrected chi connectivity index (χ1v) is 11.6. The van der Waals surface area contributed by atoms with Crippen molar-refractivity contribution < 1.29 is 17.2 Å². The van der Waals surface area contributed by atoms with Gasteiger partial charge in [-0.2, -0.15) is 8.42 Å². The average molecular weight is 382 g/mol. The molecule has 0 heterocycles. The minimum atomic E-state index is -4.17. The largest absolute Gasteiger partial charge is 0.397 e. The van der Waals surface area contributed by atoms with Crippen LogP contribution in [-0.2, 0) is 14.6 Å². The summed E-state index contributed by atoms with van der Waals surface area (Å²) in [7, 11) is -4.17. The Morgan fingerprint density at radius 3 is 1.60 bits per heavy atom. The molecule has 0 aliphatic heterocycles. The molecule has 0 aliphatic rings. The van der Waals surface area contributed by atoms with Crippen molar-refractivity contribution >= 4 is 10.4 Å². The van der Waals surface area contributed by atoms with E-state index in [1.54, 1.807) is 0 Å². The lowest BCUT2D eigenvalue weighted by atomic mass is 9.99. The first kappa shape index (κ1) is 27.1. The molecule has 0 rings (SSSR count). The molecule has 1 unspecified atom stereocenters. The summed E-state index contributed by atoms with van der Waals surface area (Å²) in [4.78, 5) is 0. The van der Waals surface area contributed by atoms with E-state index >= 15 is 0 Å². The summed E-state index contributed by atoms with van der Waals surface area (Å²) in [6.45, 7) is 6.92. The maximum absolute atomic E-state index is 9.56. The van der Waals surface area contributed by atoms with E-state index in [0.29, 0.717) is 0 Å². The average Bonchev–Trinajstić information content (AvgIpc) is 2.52. The molecule has 0 spiro atoms. The molecule has 0 aromatic rings. The monoisotopic (exact) mass is 381 g/mol. The van der Waals surface area contributed by atoms with Crippen molar-refractivity contribution in [1.82, 2.24) is 0 Å². The summed E-state index contributed by atoms with van der Waals surface area (Å²) in [5.41, 5.74) is 5.56. The Balaban J connectivity index is 0. The molecule has 0 radical (unpaired) electrons. The molecule has 0 saturated carbocycles. The number of unbranched alkanes of at least 4 members (excludes halogenated alkanes) is 10. The minimum absolute atomic E-state index is 0.0289. The molecular weight excluding hydrogens is 338 g/mol. The molecule has 0 fully saturated rings. The van der Waals surface area contributed by atoms with E-state index in [9.17, 15) is 8.42 Å². The molecule has 0 saturated heterocycles. The fourth-order valence-electron chi connectivity index (χ4n) is 2.73. The van der Waals surface area contributed by atoms with Crippen LogP contribution in [0.15, 0.2) is 0 Å². The summed E-state index contributed by atoms with van der Waals surface area (Å²) < 4.78 is 30.7. The van der Waals surface area contributed by atoms with Gasteiger partial charge in [-0.25, -0.2) is 4.18 Å². The van der Waals surface area contributed by atoms with Crippen LogP contribution in [0, 0.1) is 5.92 Å². The highest BCUT2D eigenvalue weighted by Gasteiger charge is 2.00. The zero-order valence-corrected chi connectivity index (χ0v) is 17.7. The van der Waals surface area contributed by atoms with Crippen LogP contribution >= 0.6 is 0 Å². The second kappa shape index (κ2) is 20.1. The smallest absolute Gasteiger partial charge is 0.330 e. The Bertz CT molecular complexity index is 347. The molecule has 3 N–H and O–H groups in total. The van der Waals surface area contributed by atoms with Gasteiger partial charge in [-0.05, 0) is 25.8 Å². The van der Waals surface area contributed by atoms with Crippen molar-refractivity contribution in [3.05, 3.63) is 0 Å². The molecule has 6 heteroatoms. The SMILES string of the molecule is CCCCCCCCCCCCCC(C)CCN.CCOS(=O)(=O)O. The molecule has 154 valence electrons. The Morgan fingerprint density at radius 2 is 1.28 bits per heavy atom. The van der Waals surface area contributed by atoms with Crippen molar-refractivity contribution in [3.8, 4) is 0 Å². The quantitative estimate of drug-likeness (QED) is 0.272. The molecular formula is C19H43NO4S. The first-order valence-electron chi connectivity index (χ1n) is 10.2. The number of hydrogen-bond acceptors (Lipinski definition) is 4. The fraction of sp³-hybridized carbons (Fsp3) is 1.00. The summed E-state index contributed by atoms with van der Waals surface area (Å²) in [6, 6.07) is 0. The normalized spacial score (nSPS) is 12.5. The Labute approximate surface area is 157 Å². The standard InChI is InChI=1S/C17H37N.C2H6O4S/c1-3-4-5-6-7-8-9-10-11-12-13-14-17(2)15-16-18;1-2-6-7(3,4)5/h17H,3-16,18H2,1-2H3;2H2,1H3,(H,3,4,5). The molecule has 0 aromatic carbocycles. The van der Waals surface area contributed by atoms with Gasteiger partial charge in [-0.15, -0.1) is 0 Å². The van der Waals surface area contributed by atoms with Crippen LogP contribution in [0.5, 0.6) is 0 Å². The lowest BCUT2D eigenvalue weighted by molar-refractivity contribution is 0.283. The van der Waals surface area contributed by atoms with Crippen LogP contribution < -0.4 is 5.73 Å². The van der Waals surface area contributed by atoms with Crippen LogP contribution in [0.2, 0.25) is 0 Å². The third-order valence-corrected chi connectivity index (χ3v) is 4.76. The molecule has 0 bridgehead atoms. The summed E-state index contributed by atoms with van der Waals surface area (Å²) >= 11 is 0. The van der Waals surface area contributed by atoms with Gasteiger partial charge in [0.05, 0.1) is 6.61 Å². The minimum Gasteiger partial charge on any atom is -0.330 e. The lowest BCUT2D eigenvalue weighted by Gasteiger charge is -2.09. The second-order valence-corrected chi connectivity index (χ2v) is 7.93. The lowest BCUT2D eigenvalue weighted by Crippen LogP contribution is -2.05. The molecule has 0 aliphatic carbocycles. The predicted molar refractivity (Wildman–Crippen MR) is 107 cm³/mol. The number of hydrogen-bond donors (Lipinski definition) is 2. The number of nitrogens with two attached hydrogens (primary N) is 1. The van der Waals surface area contributed by atoms with Gasteiger partial charge in [0.25, 0.3) is 0 Å². The van der Waals surface area contributed by atoms with E-state index in [1.165, 1.54) is 90.4 Å². The Morgan fingerprint density at radius 1 is 0.840 bits per heavy atom. The maximum atomic E-state index is 9.56. The highest BCUT2D eigenvalue weighted by atomic mass is 32.3. The van der Waals surface area contributed by atoms with Crippen molar-refractivity contribution in [2.45, 2.75) is 104 Å². The first-order chi connectivity index (χ1) is 11.9. The maximum Gasteiger partial charge on any atom is 0.397 e. The Hall–Kier alpha value is -0.170.